The number of rotatable bonds is 4. The SMILES string of the molecule is COc1cc(OC)c(-c2cn3ccncc3n2)cc1OC. The Kier molecular flexibility index (Phi) is 3.35. The van der Waals surface area contributed by atoms with Crippen molar-refractivity contribution in [2.75, 3.05) is 21.3 Å². The molecule has 0 saturated heterocycles. The molecular weight excluding hydrogens is 270 g/mol. The summed E-state index contributed by atoms with van der Waals surface area (Å²) in [6.07, 6.45) is 7.18. The number of methoxy groups -OCH3 is 3. The van der Waals surface area contributed by atoms with E-state index in [1.54, 1.807) is 39.8 Å². The zero-order valence-electron chi connectivity index (χ0n) is 12.0. The summed E-state index contributed by atoms with van der Waals surface area (Å²) < 4.78 is 18.0. The van der Waals surface area contributed by atoms with Gasteiger partial charge < -0.3 is 18.6 Å². The van der Waals surface area contributed by atoms with Crippen LogP contribution >= 0.6 is 0 Å². The van der Waals surface area contributed by atoms with Gasteiger partial charge in [0.2, 0.25) is 0 Å². The second kappa shape index (κ2) is 5.32. The molecule has 3 aromatic rings. The first kappa shape index (κ1) is 13.2. The molecule has 108 valence electrons. The average Bonchev–Trinajstić information content (AvgIpc) is 2.97. The predicted octanol–water partition coefficient (Wildman–Crippen LogP) is 2.42. The zero-order chi connectivity index (χ0) is 14.8. The van der Waals surface area contributed by atoms with Crippen molar-refractivity contribution in [1.82, 2.24) is 14.4 Å². The van der Waals surface area contributed by atoms with Crippen molar-refractivity contribution in [2.24, 2.45) is 0 Å². The van der Waals surface area contributed by atoms with Crippen LogP contribution in [0.3, 0.4) is 0 Å². The predicted molar refractivity (Wildman–Crippen MR) is 78.1 cm³/mol. The fraction of sp³-hybridized carbons (Fsp3) is 0.200. The van der Waals surface area contributed by atoms with Crippen LogP contribution in [0.1, 0.15) is 0 Å². The number of hydrogen-bond acceptors (Lipinski definition) is 5. The van der Waals surface area contributed by atoms with Crippen LogP contribution in [-0.2, 0) is 0 Å². The van der Waals surface area contributed by atoms with E-state index in [9.17, 15) is 0 Å². The van der Waals surface area contributed by atoms with Crippen LogP contribution in [0.25, 0.3) is 16.9 Å². The van der Waals surface area contributed by atoms with E-state index in [0.717, 1.165) is 16.9 Å². The maximum atomic E-state index is 5.44. The van der Waals surface area contributed by atoms with Crippen molar-refractivity contribution >= 4 is 5.65 Å². The van der Waals surface area contributed by atoms with Crippen LogP contribution < -0.4 is 14.2 Å². The maximum Gasteiger partial charge on any atom is 0.164 e. The molecule has 0 unspecified atom stereocenters. The number of benzene rings is 1. The van der Waals surface area contributed by atoms with Gasteiger partial charge in [-0.25, -0.2) is 4.98 Å². The van der Waals surface area contributed by atoms with Gasteiger partial charge in [0.15, 0.2) is 17.1 Å². The molecule has 2 heterocycles. The molecule has 0 aliphatic carbocycles. The van der Waals surface area contributed by atoms with Gasteiger partial charge in [0.05, 0.1) is 33.2 Å². The smallest absolute Gasteiger partial charge is 0.164 e. The lowest BCUT2D eigenvalue weighted by atomic mass is 10.1. The minimum Gasteiger partial charge on any atom is -0.496 e. The van der Waals surface area contributed by atoms with Crippen molar-refractivity contribution in [1.29, 1.82) is 0 Å². The summed E-state index contributed by atoms with van der Waals surface area (Å²) in [5.74, 6) is 1.91. The first-order valence-corrected chi connectivity index (χ1v) is 6.36. The minimum atomic E-state index is 0.614. The third-order valence-corrected chi connectivity index (χ3v) is 3.25. The van der Waals surface area contributed by atoms with Crippen LogP contribution in [0.5, 0.6) is 17.2 Å². The van der Waals surface area contributed by atoms with Crippen molar-refractivity contribution in [2.45, 2.75) is 0 Å². The normalized spacial score (nSPS) is 10.6. The van der Waals surface area contributed by atoms with E-state index in [1.165, 1.54) is 0 Å². The molecule has 6 nitrogen and oxygen atoms in total. The van der Waals surface area contributed by atoms with E-state index in [-0.39, 0.29) is 0 Å². The molecule has 0 saturated carbocycles. The van der Waals surface area contributed by atoms with Gasteiger partial charge in [0.1, 0.15) is 5.75 Å². The quantitative estimate of drug-likeness (QED) is 0.737. The number of nitrogens with zero attached hydrogens (tertiary/aromatic N) is 3. The summed E-state index contributed by atoms with van der Waals surface area (Å²) in [7, 11) is 4.80. The first-order valence-electron chi connectivity index (χ1n) is 6.36. The van der Waals surface area contributed by atoms with Crippen LogP contribution in [-0.4, -0.2) is 35.7 Å². The van der Waals surface area contributed by atoms with Gasteiger partial charge in [-0.05, 0) is 6.07 Å². The summed E-state index contributed by atoms with van der Waals surface area (Å²) >= 11 is 0. The Hall–Kier alpha value is -2.76. The molecule has 6 heteroatoms. The van der Waals surface area contributed by atoms with E-state index in [0.29, 0.717) is 17.2 Å². The van der Waals surface area contributed by atoms with Gasteiger partial charge >= 0.3 is 0 Å². The Balaban J connectivity index is 2.20. The molecule has 0 radical (unpaired) electrons. The number of fused-ring (bicyclic) bond motifs is 1. The second-order valence-electron chi connectivity index (χ2n) is 4.38. The average molecular weight is 285 g/mol. The van der Waals surface area contributed by atoms with E-state index in [1.807, 2.05) is 22.9 Å². The highest BCUT2D eigenvalue weighted by Crippen LogP contribution is 2.39. The zero-order valence-corrected chi connectivity index (χ0v) is 12.0. The standard InChI is InChI=1S/C15H15N3O3/c1-19-12-7-14(21-3)13(20-2)6-10(12)11-9-18-5-4-16-8-15(18)17-11/h4-9H,1-3H3. The Labute approximate surface area is 121 Å². The molecule has 2 aromatic heterocycles. The number of aromatic nitrogens is 3. The topological polar surface area (TPSA) is 57.9 Å². The van der Waals surface area contributed by atoms with Gasteiger partial charge in [-0.15, -0.1) is 0 Å². The molecule has 21 heavy (non-hydrogen) atoms. The highest BCUT2D eigenvalue weighted by Gasteiger charge is 2.15. The number of hydrogen-bond donors (Lipinski definition) is 0. The third kappa shape index (κ3) is 2.24. The molecule has 0 spiro atoms. The van der Waals surface area contributed by atoms with Crippen LogP contribution in [0.15, 0.2) is 36.9 Å². The Morgan fingerprint density at radius 1 is 0.952 bits per heavy atom. The van der Waals surface area contributed by atoms with Crippen molar-refractivity contribution in [3.8, 4) is 28.5 Å². The number of ether oxygens (including phenoxy) is 3. The molecule has 0 bridgehead atoms. The largest absolute Gasteiger partial charge is 0.496 e. The Bertz CT molecular complexity index is 750. The summed E-state index contributed by atoms with van der Waals surface area (Å²) in [5, 5.41) is 0. The molecule has 0 aliphatic heterocycles. The van der Waals surface area contributed by atoms with Gasteiger partial charge in [-0.1, -0.05) is 0 Å². The van der Waals surface area contributed by atoms with Crippen molar-refractivity contribution in [3.05, 3.63) is 36.9 Å². The molecule has 0 N–H and O–H groups in total. The fourth-order valence-electron chi connectivity index (χ4n) is 2.20. The van der Waals surface area contributed by atoms with Crippen molar-refractivity contribution < 1.29 is 14.2 Å². The van der Waals surface area contributed by atoms with E-state index in [4.69, 9.17) is 14.2 Å². The fourth-order valence-corrected chi connectivity index (χ4v) is 2.20. The lowest BCUT2D eigenvalue weighted by Crippen LogP contribution is -1.94. The van der Waals surface area contributed by atoms with Gasteiger partial charge in [-0.3, -0.25) is 4.98 Å². The van der Waals surface area contributed by atoms with E-state index >= 15 is 0 Å². The monoisotopic (exact) mass is 285 g/mol. The van der Waals surface area contributed by atoms with Crippen LogP contribution in [0, 0.1) is 0 Å². The number of imidazole rings is 1. The van der Waals surface area contributed by atoms with Crippen molar-refractivity contribution in [3.63, 3.8) is 0 Å². The Morgan fingerprint density at radius 3 is 2.33 bits per heavy atom. The van der Waals surface area contributed by atoms with E-state index in [2.05, 4.69) is 9.97 Å². The van der Waals surface area contributed by atoms with Crippen LogP contribution in [0.4, 0.5) is 0 Å². The summed E-state index contributed by atoms with van der Waals surface area (Å²) in [4.78, 5) is 8.61. The molecule has 0 aliphatic rings. The van der Waals surface area contributed by atoms with Crippen LogP contribution in [0.2, 0.25) is 0 Å². The maximum absolute atomic E-state index is 5.44. The molecule has 0 amide bonds. The highest BCUT2D eigenvalue weighted by molar-refractivity contribution is 5.73. The minimum absolute atomic E-state index is 0.614. The highest BCUT2D eigenvalue weighted by atomic mass is 16.5. The summed E-state index contributed by atoms with van der Waals surface area (Å²) in [5.41, 5.74) is 2.38. The first-order chi connectivity index (χ1) is 10.3. The van der Waals surface area contributed by atoms with E-state index < -0.39 is 0 Å². The Morgan fingerprint density at radius 2 is 1.67 bits per heavy atom. The lowest BCUT2D eigenvalue weighted by molar-refractivity contribution is 0.349. The van der Waals surface area contributed by atoms with Gasteiger partial charge in [0.25, 0.3) is 0 Å². The molecule has 0 atom stereocenters. The summed E-state index contributed by atoms with van der Waals surface area (Å²) in [6.45, 7) is 0. The molecule has 3 rings (SSSR count). The third-order valence-electron chi connectivity index (χ3n) is 3.25. The lowest BCUT2D eigenvalue weighted by Gasteiger charge is -2.12. The second-order valence-corrected chi connectivity index (χ2v) is 4.38. The molecule has 0 fully saturated rings. The molecular formula is C15H15N3O3. The van der Waals surface area contributed by atoms with Gasteiger partial charge in [0, 0.05) is 30.2 Å². The van der Waals surface area contributed by atoms with Gasteiger partial charge in [-0.2, -0.15) is 0 Å². The molecule has 1 aromatic carbocycles. The summed E-state index contributed by atoms with van der Waals surface area (Å²) in [6, 6.07) is 3.64.